The fraction of sp³-hybridized carbons (Fsp3) is 0.830. The van der Waals surface area contributed by atoms with Gasteiger partial charge in [-0.1, -0.05) is 65.8 Å². The van der Waals surface area contributed by atoms with E-state index in [1.807, 2.05) is 73.2 Å². The maximum Gasteiger partial charge on any atom is 0.245 e. The Labute approximate surface area is 404 Å². The summed E-state index contributed by atoms with van der Waals surface area (Å²) < 4.78 is 39.3. The molecule has 0 aliphatic carbocycles. The standard InChI is InChI=1S/C23H44N3O5P.C22H41N3O3S.C2H7O2P/c1-9-10-13-18(4)21(30-16-31-32(7,8)29)20-22(27)24-14-11-12-15-25(5)19(17(2)3)23(28)26(20)6;1-8-9-12-17(4)20(28-15-29-7)19-21(26)23-13-10-11-14-24(5)18(16(2)3)22(27)25(19)6;1-5(2,3)4/h9-10,17-21H,11-16H2,1-8H3,(H,24,27);8-9,16-20H,10-15H2,1-7H3,(H,23,26);1-2H3,(H,3,4)/b10-9+;9-8+;. The average molecular weight is 995 g/mol. The number of nitrogens with zero attached hydrogens (tertiary/aromatic N) is 4. The molecule has 2 heterocycles. The Hall–Kier alpha value is -2.07. The fourth-order valence-electron chi connectivity index (χ4n) is 8.12. The van der Waals surface area contributed by atoms with Gasteiger partial charge in [-0.15, -0.1) is 11.8 Å². The van der Waals surface area contributed by atoms with E-state index in [4.69, 9.17) is 18.9 Å². The van der Waals surface area contributed by atoms with Crippen LogP contribution in [0.15, 0.2) is 24.3 Å². The highest BCUT2D eigenvalue weighted by molar-refractivity contribution is 7.98. The number of thioether (sulfide) groups is 1. The molecule has 2 saturated heterocycles. The third kappa shape index (κ3) is 24.5. The number of hydrogen-bond donors (Lipinski definition) is 3. The molecule has 19 heteroatoms. The number of ether oxygens (including phenoxy) is 2. The first-order chi connectivity index (χ1) is 30.7. The van der Waals surface area contributed by atoms with Crippen LogP contribution in [0.1, 0.15) is 93.9 Å². The lowest BCUT2D eigenvalue weighted by atomic mass is 9.91. The van der Waals surface area contributed by atoms with Crippen LogP contribution in [-0.4, -0.2) is 185 Å². The molecule has 2 aliphatic heterocycles. The molecule has 8 atom stereocenters. The van der Waals surface area contributed by atoms with E-state index in [0.717, 1.165) is 45.2 Å². The van der Waals surface area contributed by atoms with E-state index in [-0.39, 0.29) is 72.3 Å². The zero-order chi connectivity index (χ0) is 50.9. The molecule has 3 N–H and O–H groups in total. The largest absolute Gasteiger partial charge is 0.365 e. The first-order valence-electron chi connectivity index (χ1n) is 23.6. The molecule has 0 spiro atoms. The lowest BCUT2D eigenvalue weighted by Crippen LogP contribution is -2.60. The van der Waals surface area contributed by atoms with Crippen LogP contribution in [0.3, 0.4) is 0 Å². The van der Waals surface area contributed by atoms with E-state index in [1.165, 1.54) is 31.6 Å². The zero-order valence-electron chi connectivity index (χ0n) is 43.8. The van der Waals surface area contributed by atoms with E-state index in [9.17, 15) is 28.3 Å². The fourth-order valence-corrected chi connectivity index (χ4v) is 8.72. The molecule has 0 bridgehead atoms. The second-order valence-electron chi connectivity index (χ2n) is 19.1. The molecule has 0 aromatic heterocycles. The Morgan fingerprint density at radius 2 is 1.03 bits per heavy atom. The highest BCUT2D eigenvalue weighted by Gasteiger charge is 2.43. The maximum atomic E-state index is 13.6. The van der Waals surface area contributed by atoms with Gasteiger partial charge in [0.2, 0.25) is 23.6 Å². The number of likely N-dealkylation sites (N-methyl/N-ethyl adjacent to an activating group) is 4. The van der Waals surface area contributed by atoms with E-state index in [0.29, 0.717) is 25.4 Å². The van der Waals surface area contributed by atoms with Crippen molar-refractivity contribution < 1.29 is 47.2 Å². The van der Waals surface area contributed by atoms with Gasteiger partial charge in [-0.05, 0) is 109 Å². The van der Waals surface area contributed by atoms with Crippen molar-refractivity contribution in [3.8, 4) is 0 Å². The van der Waals surface area contributed by atoms with Gasteiger partial charge in [-0.2, -0.15) is 0 Å². The lowest BCUT2D eigenvalue weighted by Gasteiger charge is -2.39. The van der Waals surface area contributed by atoms with Crippen LogP contribution in [0.5, 0.6) is 0 Å². The molecule has 2 fully saturated rings. The van der Waals surface area contributed by atoms with E-state index < -0.39 is 32.9 Å². The molecule has 0 aromatic carbocycles. The summed E-state index contributed by atoms with van der Waals surface area (Å²) in [5.41, 5.74) is 0. The summed E-state index contributed by atoms with van der Waals surface area (Å²) in [6.07, 6.45) is 14.1. The molecule has 2 rings (SSSR count). The van der Waals surface area contributed by atoms with Crippen LogP contribution in [0.25, 0.3) is 0 Å². The molecular weight excluding hydrogens is 903 g/mol. The second kappa shape index (κ2) is 32.7. The molecule has 4 amide bonds. The molecule has 2 aliphatic rings. The normalized spacial score (nSPS) is 23.8. The average Bonchev–Trinajstić information content (AvgIpc) is 3.23. The minimum Gasteiger partial charge on any atom is -0.365 e. The van der Waals surface area contributed by atoms with Crippen LogP contribution in [-0.2, 0) is 42.3 Å². The Balaban J connectivity index is 0.00000116. The van der Waals surface area contributed by atoms with Gasteiger partial charge in [-0.25, -0.2) is 0 Å². The van der Waals surface area contributed by atoms with Gasteiger partial charge in [-0.3, -0.25) is 38.1 Å². The Morgan fingerprint density at radius 1 is 0.667 bits per heavy atom. The van der Waals surface area contributed by atoms with Crippen molar-refractivity contribution in [3.63, 3.8) is 0 Å². The van der Waals surface area contributed by atoms with Crippen molar-refractivity contribution in [1.29, 1.82) is 0 Å². The van der Waals surface area contributed by atoms with Gasteiger partial charge in [0.15, 0.2) is 21.5 Å². The molecule has 16 nitrogen and oxygen atoms in total. The van der Waals surface area contributed by atoms with E-state index in [2.05, 4.69) is 47.3 Å². The zero-order valence-corrected chi connectivity index (χ0v) is 46.4. The summed E-state index contributed by atoms with van der Waals surface area (Å²) in [6.45, 7) is 24.4. The summed E-state index contributed by atoms with van der Waals surface area (Å²) in [5.74, 6) is 0.296. The number of rotatable bonds is 17. The van der Waals surface area contributed by atoms with Gasteiger partial charge in [0, 0.05) is 53.8 Å². The van der Waals surface area contributed by atoms with Crippen molar-refractivity contribution in [2.75, 3.05) is 100 Å². The first-order valence-corrected chi connectivity index (χ1v) is 30.0. The third-order valence-electron chi connectivity index (χ3n) is 11.5. The molecule has 386 valence electrons. The topological polar surface area (TPSA) is 187 Å². The minimum atomic E-state index is -2.75. The van der Waals surface area contributed by atoms with E-state index >= 15 is 0 Å². The monoisotopic (exact) mass is 995 g/mol. The second-order valence-corrected chi connectivity index (χ2v) is 25.3. The SMILES string of the molecule is C/C=C/CC(C)C(OCOP(C)(C)=O)C1C(=O)NCCCCN(C)C(C(C)C)C(=O)N1C.C/C=C/CC(C)C(OCSC)C1C(=O)NCCCCN(C)C(C(C)C)C(=O)N1C.CP(C)(=O)O. The Morgan fingerprint density at radius 3 is 1.35 bits per heavy atom. The molecule has 0 saturated carbocycles. The number of hydrogen-bond acceptors (Lipinski definition) is 12. The third-order valence-corrected chi connectivity index (χ3v) is 12.6. The smallest absolute Gasteiger partial charge is 0.245 e. The maximum absolute atomic E-state index is 13.6. The van der Waals surface area contributed by atoms with E-state index in [1.54, 1.807) is 30.8 Å². The van der Waals surface area contributed by atoms with Crippen LogP contribution in [0.2, 0.25) is 0 Å². The number of amides is 4. The van der Waals surface area contributed by atoms with Gasteiger partial charge in [0.05, 0.1) is 30.2 Å². The van der Waals surface area contributed by atoms with Crippen LogP contribution >= 0.6 is 26.5 Å². The quantitative estimate of drug-likeness (QED) is 0.0797. The number of carbonyl (C=O) groups excluding carboxylic acids is 4. The summed E-state index contributed by atoms with van der Waals surface area (Å²) in [7, 11) is 2.02. The van der Waals surface area contributed by atoms with Gasteiger partial charge >= 0.3 is 0 Å². The predicted octanol–water partition coefficient (Wildman–Crippen LogP) is 6.68. The lowest BCUT2D eigenvalue weighted by molar-refractivity contribution is -0.155. The highest BCUT2D eigenvalue weighted by Crippen LogP contribution is 2.37. The van der Waals surface area contributed by atoms with Crippen LogP contribution in [0, 0.1) is 23.7 Å². The molecule has 0 radical (unpaired) electrons. The van der Waals surface area contributed by atoms with Crippen molar-refractivity contribution in [1.82, 2.24) is 30.2 Å². The van der Waals surface area contributed by atoms with Gasteiger partial charge in [0.25, 0.3) is 0 Å². The number of carbonyl (C=O) groups is 4. The first kappa shape index (κ1) is 63.9. The van der Waals surface area contributed by atoms with Crippen molar-refractivity contribution in [2.45, 2.75) is 130 Å². The summed E-state index contributed by atoms with van der Waals surface area (Å²) in [6, 6.07) is -2.06. The van der Waals surface area contributed by atoms with Gasteiger partial charge < -0.3 is 39.3 Å². The Kier molecular flexibility index (Phi) is 31.7. The summed E-state index contributed by atoms with van der Waals surface area (Å²) >= 11 is 1.58. The highest BCUT2D eigenvalue weighted by atomic mass is 32.2. The molecule has 66 heavy (non-hydrogen) atoms. The van der Waals surface area contributed by atoms with Crippen molar-refractivity contribution in [3.05, 3.63) is 24.3 Å². The van der Waals surface area contributed by atoms with Crippen LogP contribution < -0.4 is 10.6 Å². The number of nitrogens with one attached hydrogen (secondary N) is 2. The van der Waals surface area contributed by atoms with Crippen molar-refractivity contribution >= 4 is 50.1 Å². The predicted molar refractivity (Wildman–Crippen MR) is 273 cm³/mol. The van der Waals surface area contributed by atoms with Crippen LogP contribution in [0.4, 0.5) is 0 Å². The molecular formula is C47H92N6O10P2S. The Bertz CT molecular complexity index is 1580. The summed E-state index contributed by atoms with van der Waals surface area (Å²) in [4.78, 5) is 69.2. The summed E-state index contributed by atoms with van der Waals surface area (Å²) in [5, 5.41) is 6.04. The minimum absolute atomic E-state index is 0.0134. The molecule has 0 aromatic rings. The van der Waals surface area contributed by atoms with Gasteiger partial charge in [0.1, 0.15) is 12.1 Å². The number of allylic oxidation sites excluding steroid dienone is 4. The molecule has 8 unspecified atom stereocenters. The van der Waals surface area contributed by atoms with Crippen molar-refractivity contribution in [2.24, 2.45) is 23.7 Å².